The van der Waals surface area contributed by atoms with E-state index in [2.05, 4.69) is 26.3 Å². The van der Waals surface area contributed by atoms with Crippen molar-refractivity contribution in [1.82, 2.24) is 15.0 Å². The number of carbonyl (C=O) groups excluding carboxylic acids is 2. The second-order valence-corrected chi connectivity index (χ2v) is 10.0. The zero-order valence-electron chi connectivity index (χ0n) is 25.6. The normalized spacial score (nSPS) is 11.9. The number of carbonyl (C=O) groups is 2. The molecule has 0 saturated heterocycles. The molecule has 0 atom stereocenters. The van der Waals surface area contributed by atoms with Gasteiger partial charge in [-0.25, -0.2) is 0 Å². The number of hydrogen-bond acceptors (Lipinski definition) is 11. The van der Waals surface area contributed by atoms with Gasteiger partial charge in [0.1, 0.15) is 35.2 Å². The maximum atomic E-state index is 13.2. The first-order chi connectivity index (χ1) is 22.5. The number of ketones is 2. The molecule has 0 fully saturated rings. The maximum absolute atomic E-state index is 13.2. The molecule has 4 radical (unpaired) electrons. The van der Waals surface area contributed by atoms with Gasteiger partial charge in [0.25, 0.3) is 0 Å². The van der Waals surface area contributed by atoms with Crippen LogP contribution in [0.1, 0.15) is 38.3 Å². The monoisotopic (exact) mass is 718 g/mol. The van der Waals surface area contributed by atoms with Crippen molar-refractivity contribution in [3.8, 4) is 34.8 Å². The first-order valence-corrected chi connectivity index (χ1v) is 14.4. The summed E-state index contributed by atoms with van der Waals surface area (Å²) in [4.78, 5) is 41.4. The number of nitrogens with zero attached hydrogens (tertiary/aromatic N) is 3. The molecule has 238 valence electrons. The van der Waals surface area contributed by atoms with E-state index in [4.69, 9.17) is 24.7 Å². The molecule has 1 aliphatic rings. The van der Waals surface area contributed by atoms with Crippen molar-refractivity contribution in [3.63, 3.8) is 0 Å². The number of aromatic nitrogens is 3. The van der Waals surface area contributed by atoms with E-state index in [-0.39, 0.29) is 80.8 Å². The minimum atomic E-state index is -0.480. The predicted octanol–water partition coefficient (Wildman–Crippen LogP) is 4.26. The molecule has 14 heteroatoms. The number of fused-ring (bicyclic) bond motifs is 2. The third-order valence-corrected chi connectivity index (χ3v) is 6.92. The number of aromatic hydroxyl groups is 1. The van der Waals surface area contributed by atoms with Crippen LogP contribution in [-0.2, 0) is 37.4 Å². The molecule has 1 aliphatic carbocycles. The summed E-state index contributed by atoms with van der Waals surface area (Å²) in [5.41, 5.74) is 6.75. The van der Waals surface area contributed by atoms with Gasteiger partial charge >= 0.3 is 0 Å². The molecule has 0 amide bonds. The molecule has 1 heterocycles. The largest absolute Gasteiger partial charge is 0.507 e. The summed E-state index contributed by atoms with van der Waals surface area (Å²) in [6, 6.07) is 23.8. The van der Waals surface area contributed by atoms with Crippen molar-refractivity contribution in [2.24, 2.45) is 4.99 Å². The van der Waals surface area contributed by atoms with E-state index in [1.54, 1.807) is 42.5 Å². The molecule has 0 spiro atoms. The average Bonchev–Trinajstić information content (AvgIpc) is 3.08. The van der Waals surface area contributed by atoms with E-state index in [1.165, 1.54) is 12.1 Å². The molecular weight excluding hydrogens is 690 g/mol. The molecule has 0 aliphatic heterocycles. The number of ether oxygens (including phenoxy) is 4. The SMILES string of the molecule is Nc1c(Oc2ccc(Oc3n[c-]nc(=NCCCOCCOc4ccccc4)[nH]3)cc2)cc(O)c2c1C(=O)c1ccccc1C2=O.[B].[Y]. The molecule has 12 nitrogen and oxygen atoms in total. The van der Waals surface area contributed by atoms with E-state index < -0.39 is 17.3 Å². The van der Waals surface area contributed by atoms with Gasteiger partial charge in [0.15, 0.2) is 23.3 Å². The van der Waals surface area contributed by atoms with Crippen LogP contribution >= 0.6 is 0 Å². The topological polar surface area (TPSA) is 171 Å². The third kappa shape index (κ3) is 8.35. The van der Waals surface area contributed by atoms with Gasteiger partial charge in [0, 0.05) is 77.8 Å². The molecular formula is C34H28BN5O7Y-. The first-order valence-electron chi connectivity index (χ1n) is 14.4. The van der Waals surface area contributed by atoms with Gasteiger partial charge in [0.2, 0.25) is 0 Å². The fourth-order valence-electron chi connectivity index (χ4n) is 4.75. The third-order valence-electron chi connectivity index (χ3n) is 6.92. The van der Waals surface area contributed by atoms with E-state index in [1.807, 2.05) is 30.3 Å². The van der Waals surface area contributed by atoms with Crippen LogP contribution in [-0.4, -0.2) is 66.4 Å². The van der Waals surface area contributed by atoms with Crippen LogP contribution in [0.4, 0.5) is 5.69 Å². The van der Waals surface area contributed by atoms with Crippen molar-refractivity contribution in [1.29, 1.82) is 0 Å². The molecule has 0 saturated carbocycles. The van der Waals surface area contributed by atoms with Crippen LogP contribution in [0, 0.1) is 6.33 Å². The van der Waals surface area contributed by atoms with E-state index in [9.17, 15) is 14.7 Å². The number of anilines is 1. The second-order valence-electron chi connectivity index (χ2n) is 10.0. The Morgan fingerprint density at radius 1 is 0.792 bits per heavy atom. The van der Waals surface area contributed by atoms with Crippen molar-refractivity contribution in [3.05, 3.63) is 119 Å². The van der Waals surface area contributed by atoms with E-state index >= 15 is 0 Å². The number of nitrogens with one attached hydrogen (secondary N) is 1. The van der Waals surface area contributed by atoms with E-state index in [0.29, 0.717) is 49.9 Å². The van der Waals surface area contributed by atoms with Crippen LogP contribution in [0.3, 0.4) is 0 Å². The summed E-state index contributed by atoms with van der Waals surface area (Å²) in [6.45, 7) is 1.93. The Morgan fingerprint density at radius 2 is 1.44 bits per heavy atom. The quantitative estimate of drug-likeness (QED) is 0.0547. The molecule has 4 aromatic carbocycles. The molecule has 6 rings (SSSR count). The zero-order valence-corrected chi connectivity index (χ0v) is 28.4. The van der Waals surface area contributed by atoms with Gasteiger partial charge in [0.05, 0.1) is 23.4 Å². The summed E-state index contributed by atoms with van der Waals surface area (Å²) in [7, 11) is 0. The zero-order chi connectivity index (χ0) is 31.9. The van der Waals surface area contributed by atoms with Crippen LogP contribution in [0.2, 0.25) is 0 Å². The number of benzene rings is 4. The number of H-pyrrole nitrogens is 1. The van der Waals surface area contributed by atoms with Gasteiger partial charge < -0.3 is 49.7 Å². The molecule has 4 N–H and O–H groups in total. The minimum Gasteiger partial charge on any atom is -0.507 e. The summed E-state index contributed by atoms with van der Waals surface area (Å²) >= 11 is 0. The fraction of sp³-hybridized carbons (Fsp3) is 0.147. The first kappa shape index (κ1) is 36.0. The standard InChI is InChI=1S/C34H28N5O7.B.Y/c35-30-27(19-26(40)28-29(30)32(42)25-10-5-4-9-24(25)31(28)41)45-22-11-13-23(14-12-22)46-34-38-20-37-33(39-34)36-15-6-16-43-17-18-44-21-7-2-1-3-8-21;;/h1-5,7-14,19,40H,6,15-18,35H2,(H,36,37,38,39);;/q-1;;. The van der Waals surface area contributed by atoms with Crippen molar-refractivity contribution < 1.29 is 66.4 Å². The minimum absolute atomic E-state index is 0. The Morgan fingerprint density at radius 3 is 2.15 bits per heavy atom. The Hall–Kier alpha value is -4.84. The number of hydrogen-bond donors (Lipinski definition) is 3. The summed E-state index contributed by atoms with van der Waals surface area (Å²) in [5.74, 6) is 0.260. The van der Waals surface area contributed by atoms with Crippen LogP contribution < -0.4 is 25.6 Å². The Balaban J connectivity index is 0.00000260. The number of aromatic amines is 1. The smallest absolute Gasteiger partial charge is 0.198 e. The number of nitrogen functional groups attached to an aromatic ring is 1. The van der Waals surface area contributed by atoms with Gasteiger partial charge in [-0.05, 0) is 42.8 Å². The van der Waals surface area contributed by atoms with Crippen molar-refractivity contribution in [2.45, 2.75) is 6.42 Å². The molecule has 0 bridgehead atoms. The molecule has 0 unspecified atom stereocenters. The Bertz CT molecular complexity index is 1960. The van der Waals surface area contributed by atoms with Gasteiger partial charge in [-0.1, -0.05) is 42.5 Å². The van der Waals surface area contributed by atoms with Crippen LogP contribution in [0.5, 0.6) is 34.8 Å². The summed E-state index contributed by atoms with van der Waals surface area (Å²) in [6.07, 6.45) is 3.20. The number of phenols is 1. The fourth-order valence-corrected chi connectivity index (χ4v) is 4.75. The number of phenolic OH excluding ortho intramolecular Hbond substituents is 1. The molecule has 48 heavy (non-hydrogen) atoms. The molecule has 1 aromatic heterocycles. The Labute approximate surface area is 302 Å². The van der Waals surface area contributed by atoms with Crippen molar-refractivity contribution >= 4 is 25.7 Å². The van der Waals surface area contributed by atoms with Gasteiger partial charge in [-0.2, -0.15) is 0 Å². The Kier molecular flexibility index (Phi) is 12.6. The average molecular weight is 718 g/mol. The number of rotatable bonds is 12. The second kappa shape index (κ2) is 16.8. The van der Waals surface area contributed by atoms with Gasteiger partial charge in [-0.15, -0.1) is 0 Å². The predicted molar refractivity (Wildman–Crippen MR) is 171 cm³/mol. The van der Waals surface area contributed by atoms with Crippen molar-refractivity contribution in [2.75, 3.05) is 32.1 Å². The number of nitrogens with two attached hydrogens (primary N) is 1. The molecule has 5 aromatic rings. The summed E-state index contributed by atoms with van der Waals surface area (Å²) in [5, 5.41) is 10.7. The number of para-hydroxylation sites is 1. The summed E-state index contributed by atoms with van der Waals surface area (Å²) < 4.78 is 22.8. The van der Waals surface area contributed by atoms with E-state index in [0.717, 1.165) is 5.75 Å². The maximum Gasteiger partial charge on any atom is 0.198 e. The van der Waals surface area contributed by atoms with Crippen LogP contribution in [0.25, 0.3) is 0 Å². The van der Waals surface area contributed by atoms with Crippen LogP contribution in [0.15, 0.2) is 89.9 Å². The van der Waals surface area contributed by atoms with Gasteiger partial charge in [-0.3, -0.25) is 9.59 Å².